The number of carbonyl (C=O) groups excluding carboxylic acids is 3. The number of hydrogen-bond acceptors (Lipinski definition) is 6. The highest BCUT2D eigenvalue weighted by Gasteiger charge is 2.66. The van der Waals surface area contributed by atoms with Crippen LogP contribution in [0.2, 0.25) is 18.6 Å². The Balaban J connectivity index is 1.31. The van der Waals surface area contributed by atoms with Crippen molar-refractivity contribution >= 4 is 43.6 Å². The van der Waals surface area contributed by atoms with Gasteiger partial charge in [0.2, 0.25) is 12.3 Å². The van der Waals surface area contributed by atoms with Crippen molar-refractivity contribution in [3.63, 3.8) is 0 Å². The molecule has 0 unspecified atom stereocenters. The van der Waals surface area contributed by atoms with E-state index in [4.69, 9.17) is 4.74 Å². The van der Waals surface area contributed by atoms with Crippen molar-refractivity contribution in [3.8, 4) is 0 Å². The van der Waals surface area contributed by atoms with Gasteiger partial charge in [0, 0.05) is 41.5 Å². The second-order valence-electron chi connectivity index (χ2n) is 13.5. The molecule has 2 N–H and O–H groups in total. The molecule has 3 amide bonds. The third-order valence-corrected chi connectivity index (χ3v) is 12.4. The predicted molar refractivity (Wildman–Crippen MR) is 191 cm³/mol. The fourth-order valence-electron chi connectivity index (χ4n) is 7.75. The molecule has 0 aromatic heterocycles. The first kappa shape index (κ1) is 34.3. The van der Waals surface area contributed by atoms with Gasteiger partial charge in [-0.1, -0.05) is 85.8 Å². The molecule has 9 nitrogen and oxygen atoms in total. The largest absolute Gasteiger partial charge is 0.432 e. The van der Waals surface area contributed by atoms with Crippen molar-refractivity contribution in [1.29, 1.82) is 0 Å². The molecule has 0 saturated carbocycles. The van der Waals surface area contributed by atoms with Crippen molar-refractivity contribution in [2.75, 3.05) is 23.0 Å². The molecule has 1 spiro atoms. The highest BCUT2D eigenvalue weighted by molar-refractivity contribution is 6.71. The second-order valence-corrected chi connectivity index (χ2v) is 17.5. The van der Waals surface area contributed by atoms with Crippen LogP contribution in [0.15, 0.2) is 109 Å². The first-order valence-electron chi connectivity index (χ1n) is 16.7. The number of para-hydroxylation sites is 2. The minimum atomic E-state index is -3.00. The monoisotopic (exact) mass is 677 g/mol. The van der Waals surface area contributed by atoms with E-state index < -0.39 is 31.5 Å². The summed E-state index contributed by atoms with van der Waals surface area (Å²) in [5.41, 5.74) is 2.79. The lowest BCUT2D eigenvalue weighted by atomic mass is 9.82. The number of rotatable bonds is 12. The van der Waals surface area contributed by atoms with E-state index in [1.165, 1.54) is 0 Å². The Hall–Kier alpha value is -4.61. The fourth-order valence-corrected chi connectivity index (χ4v) is 10.3. The molecule has 0 radical (unpaired) electrons. The van der Waals surface area contributed by atoms with Gasteiger partial charge in [-0.2, -0.15) is 0 Å². The van der Waals surface area contributed by atoms with Gasteiger partial charge in [-0.3, -0.25) is 19.3 Å². The van der Waals surface area contributed by atoms with Crippen LogP contribution in [-0.4, -0.2) is 60.6 Å². The van der Waals surface area contributed by atoms with E-state index in [1.54, 1.807) is 14.7 Å². The van der Waals surface area contributed by atoms with Crippen LogP contribution < -0.4 is 9.80 Å². The molecule has 1 saturated heterocycles. The van der Waals surface area contributed by atoms with Crippen LogP contribution in [0.5, 0.6) is 0 Å². The number of aliphatic hydroxyl groups is 1. The topological polar surface area (TPSA) is 111 Å². The third kappa shape index (κ3) is 6.57. The summed E-state index contributed by atoms with van der Waals surface area (Å²) >= 11 is 0. The molecule has 2 aliphatic rings. The van der Waals surface area contributed by atoms with E-state index in [-0.39, 0.29) is 37.9 Å². The molecule has 10 heteroatoms. The molecular weight excluding hydrogens is 635 g/mol. The van der Waals surface area contributed by atoms with Crippen molar-refractivity contribution in [2.24, 2.45) is 5.92 Å². The molecule has 0 aliphatic carbocycles. The van der Waals surface area contributed by atoms with Gasteiger partial charge in [-0.15, -0.1) is 0 Å². The molecule has 6 rings (SSSR count). The zero-order chi connectivity index (χ0) is 34.8. The predicted octanol–water partition coefficient (Wildman–Crippen LogP) is 5.74. The van der Waals surface area contributed by atoms with E-state index in [0.717, 1.165) is 28.8 Å². The van der Waals surface area contributed by atoms with Crippen LogP contribution in [0.3, 0.4) is 0 Å². The van der Waals surface area contributed by atoms with Gasteiger partial charge in [0.05, 0.1) is 31.4 Å². The lowest BCUT2D eigenvalue weighted by Gasteiger charge is -2.32. The van der Waals surface area contributed by atoms with Gasteiger partial charge in [-0.25, -0.2) is 0 Å². The summed E-state index contributed by atoms with van der Waals surface area (Å²) in [7, 11) is -3.00. The molecule has 2 heterocycles. The molecule has 1 fully saturated rings. The Morgan fingerprint density at radius 3 is 2.22 bits per heavy atom. The summed E-state index contributed by atoms with van der Waals surface area (Å²) < 4.78 is 6.87. The number of nitrogens with zero attached hydrogens (tertiary/aromatic N) is 3. The smallest absolute Gasteiger partial charge is 0.264 e. The Morgan fingerprint density at radius 2 is 1.55 bits per heavy atom. The van der Waals surface area contributed by atoms with Crippen LogP contribution in [-0.2, 0) is 37.8 Å². The number of benzene rings is 4. The Bertz CT molecular complexity index is 1800. The molecule has 4 atom stereocenters. The Morgan fingerprint density at radius 1 is 0.918 bits per heavy atom. The number of anilines is 3. The Labute approximate surface area is 288 Å². The summed E-state index contributed by atoms with van der Waals surface area (Å²) in [5.74, 6) is -0.872. The number of hydrogen-bond donors (Lipinski definition) is 2. The summed E-state index contributed by atoms with van der Waals surface area (Å²) in [4.78, 5) is 57.4. The van der Waals surface area contributed by atoms with Crippen LogP contribution in [0.4, 0.5) is 17.1 Å². The SMILES string of the molecule is C[C@H]1[C@H]([Si](C)(C)O)[C@@H](CC(=O)N(CCO)Cc2ccccc2)O[C@]12C(=O)N(Cc1cccc(N(C=O)c3ccccc3)c1)c1ccccc12. The quantitative estimate of drug-likeness (QED) is 0.146. The lowest BCUT2D eigenvalue weighted by Crippen LogP contribution is -2.46. The van der Waals surface area contributed by atoms with Crippen molar-refractivity contribution in [3.05, 3.63) is 126 Å². The molecule has 254 valence electrons. The standard InChI is InChI=1S/C39H43N3O6Si/c1-28-37(49(2,3)47)35(24-36(45)40(21-22-43)25-29-13-6-4-7-14-29)48-39(28)33-19-10-11-20-34(33)41(38(39)46)26-30-15-12-18-32(23-30)42(27-44)31-16-8-5-9-17-31/h4-20,23,27-28,35,37,43,47H,21-22,24-26H2,1-3H3/t28-,35+,37-,39+/m0/s1. The maximum Gasteiger partial charge on any atom is 0.264 e. The normalized spacial score (nSPS) is 21.5. The van der Waals surface area contributed by atoms with Crippen molar-refractivity contribution in [2.45, 2.75) is 56.8 Å². The molecule has 0 bridgehead atoms. The molecular formula is C39H43N3O6Si. The van der Waals surface area contributed by atoms with Gasteiger partial charge in [-0.05, 0) is 54.6 Å². The fraction of sp³-hybridized carbons (Fsp3) is 0.308. The zero-order valence-corrected chi connectivity index (χ0v) is 29.1. The van der Waals surface area contributed by atoms with Crippen LogP contribution in [0.25, 0.3) is 0 Å². The average molecular weight is 678 g/mol. The van der Waals surface area contributed by atoms with E-state index in [1.807, 2.05) is 129 Å². The minimum absolute atomic E-state index is 0.0287. The average Bonchev–Trinajstić information content (AvgIpc) is 3.52. The first-order chi connectivity index (χ1) is 23.6. The van der Waals surface area contributed by atoms with Crippen LogP contribution in [0.1, 0.15) is 30.0 Å². The molecule has 2 aliphatic heterocycles. The summed E-state index contributed by atoms with van der Waals surface area (Å²) in [6.45, 7) is 6.17. The second kappa shape index (κ2) is 14.1. The summed E-state index contributed by atoms with van der Waals surface area (Å²) in [6.07, 6.45) is 0.0368. The van der Waals surface area contributed by atoms with E-state index in [0.29, 0.717) is 17.9 Å². The van der Waals surface area contributed by atoms with Gasteiger partial charge in [0.25, 0.3) is 5.91 Å². The highest BCUT2D eigenvalue weighted by atomic mass is 28.4. The number of carbonyl (C=O) groups is 3. The molecule has 4 aromatic carbocycles. The number of ether oxygens (including phenoxy) is 1. The summed E-state index contributed by atoms with van der Waals surface area (Å²) in [5, 5.41) is 9.80. The maximum atomic E-state index is 14.8. The zero-order valence-electron chi connectivity index (χ0n) is 28.1. The summed E-state index contributed by atoms with van der Waals surface area (Å²) in [6, 6.07) is 34.1. The van der Waals surface area contributed by atoms with Crippen molar-refractivity contribution in [1.82, 2.24) is 4.90 Å². The van der Waals surface area contributed by atoms with E-state index >= 15 is 0 Å². The molecule has 49 heavy (non-hydrogen) atoms. The Kier molecular flexibility index (Phi) is 9.85. The third-order valence-electron chi connectivity index (χ3n) is 9.88. The van der Waals surface area contributed by atoms with Gasteiger partial charge >= 0.3 is 0 Å². The number of aliphatic hydroxyl groups excluding tert-OH is 1. The lowest BCUT2D eigenvalue weighted by molar-refractivity contribution is -0.150. The number of fused-ring (bicyclic) bond motifs is 2. The minimum Gasteiger partial charge on any atom is -0.432 e. The van der Waals surface area contributed by atoms with Crippen LogP contribution >= 0.6 is 0 Å². The van der Waals surface area contributed by atoms with Crippen LogP contribution in [0, 0.1) is 5.92 Å². The van der Waals surface area contributed by atoms with E-state index in [9.17, 15) is 24.3 Å². The maximum absolute atomic E-state index is 14.8. The molecule has 4 aromatic rings. The van der Waals surface area contributed by atoms with Gasteiger partial charge in [0.1, 0.15) is 0 Å². The first-order valence-corrected chi connectivity index (χ1v) is 19.7. The highest BCUT2D eigenvalue weighted by Crippen LogP contribution is 2.59. The van der Waals surface area contributed by atoms with Gasteiger partial charge < -0.3 is 24.4 Å². The van der Waals surface area contributed by atoms with Gasteiger partial charge in [0.15, 0.2) is 13.9 Å². The van der Waals surface area contributed by atoms with Crippen molar-refractivity contribution < 1.29 is 29.0 Å². The van der Waals surface area contributed by atoms with E-state index in [2.05, 4.69) is 0 Å². The number of amides is 3.